The van der Waals surface area contributed by atoms with Gasteiger partial charge in [-0.05, 0) is 37.2 Å². The number of hydrogen-bond donors (Lipinski definition) is 1. The van der Waals surface area contributed by atoms with Gasteiger partial charge in [0.2, 0.25) is 0 Å². The van der Waals surface area contributed by atoms with Crippen LogP contribution >= 0.6 is 0 Å². The maximum atomic E-state index is 5.11. The Morgan fingerprint density at radius 3 is 2.78 bits per heavy atom. The van der Waals surface area contributed by atoms with Crippen LogP contribution < -0.4 is 5.32 Å². The summed E-state index contributed by atoms with van der Waals surface area (Å²) in [6, 6.07) is 10.9. The van der Waals surface area contributed by atoms with Gasteiger partial charge in [0.25, 0.3) is 0 Å². The van der Waals surface area contributed by atoms with Gasteiger partial charge in [-0.1, -0.05) is 37.3 Å². The molecule has 0 spiro atoms. The molecule has 128 valence electrons. The molecule has 1 N–H and O–H groups in total. The second kappa shape index (κ2) is 9.56. The van der Waals surface area contributed by atoms with Crippen LogP contribution in [0.2, 0.25) is 0 Å². The average Bonchev–Trinajstić information content (AvgIpc) is 2.58. The van der Waals surface area contributed by atoms with E-state index >= 15 is 0 Å². The number of guanidine groups is 1. The summed E-state index contributed by atoms with van der Waals surface area (Å²) in [5.74, 6) is 2.35. The lowest BCUT2D eigenvalue weighted by Gasteiger charge is -2.39. The predicted octanol–water partition coefficient (Wildman–Crippen LogP) is 3.11. The Labute approximate surface area is 140 Å². The Morgan fingerprint density at radius 2 is 2.13 bits per heavy atom. The summed E-state index contributed by atoms with van der Waals surface area (Å²) in [6.45, 7) is 9.13. The van der Waals surface area contributed by atoms with E-state index in [1.807, 2.05) is 0 Å². The maximum absolute atomic E-state index is 5.11. The van der Waals surface area contributed by atoms with Crippen molar-refractivity contribution in [2.24, 2.45) is 10.9 Å². The molecule has 1 saturated heterocycles. The van der Waals surface area contributed by atoms with E-state index in [4.69, 9.17) is 9.73 Å². The molecular formula is C19H31N3O. The molecule has 1 aliphatic heterocycles. The number of hydrogen-bond acceptors (Lipinski definition) is 2. The summed E-state index contributed by atoms with van der Waals surface area (Å²) >= 11 is 0. The molecule has 1 fully saturated rings. The summed E-state index contributed by atoms with van der Waals surface area (Å²) in [5, 5.41) is 3.44. The Morgan fingerprint density at radius 1 is 1.35 bits per heavy atom. The minimum Gasteiger partial charge on any atom is -0.385 e. The molecule has 1 aromatic rings. The van der Waals surface area contributed by atoms with Crippen molar-refractivity contribution in [2.45, 2.75) is 32.6 Å². The first-order chi connectivity index (χ1) is 11.3. The zero-order valence-electron chi connectivity index (χ0n) is 14.8. The normalized spacial score (nSPS) is 22.2. The first kappa shape index (κ1) is 17.8. The fraction of sp³-hybridized carbons (Fsp3) is 0.632. The second-order valence-corrected chi connectivity index (χ2v) is 6.31. The van der Waals surface area contributed by atoms with Crippen LogP contribution in [0.25, 0.3) is 0 Å². The standard InChI is InChI=1S/C19H31N3O/c1-4-20-19(21-12-8-14-23-3)22-13-11-18(16(2)15-22)17-9-6-5-7-10-17/h5-7,9-10,16,18H,4,8,11-15H2,1-3H3,(H,20,21). The summed E-state index contributed by atoms with van der Waals surface area (Å²) in [5.41, 5.74) is 1.47. The molecule has 1 heterocycles. The highest BCUT2D eigenvalue weighted by molar-refractivity contribution is 5.80. The Kier molecular flexibility index (Phi) is 7.40. The van der Waals surface area contributed by atoms with Crippen LogP contribution in [0.3, 0.4) is 0 Å². The van der Waals surface area contributed by atoms with E-state index in [2.05, 4.69) is 54.4 Å². The highest BCUT2D eigenvalue weighted by Gasteiger charge is 2.28. The van der Waals surface area contributed by atoms with Crippen LogP contribution in [0.4, 0.5) is 0 Å². The highest BCUT2D eigenvalue weighted by atomic mass is 16.5. The number of methoxy groups -OCH3 is 1. The molecule has 1 aromatic carbocycles. The minimum atomic E-state index is 0.633. The zero-order chi connectivity index (χ0) is 16.5. The van der Waals surface area contributed by atoms with Gasteiger partial charge < -0.3 is 15.0 Å². The van der Waals surface area contributed by atoms with E-state index < -0.39 is 0 Å². The molecule has 0 radical (unpaired) electrons. The largest absolute Gasteiger partial charge is 0.385 e. The van der Waals surface area contributed by atoms with Crippen LogP contribution in [0.15, 0.2) is 35.3 Å². The number of nitrogens with zero attached hydrogens (tertiary/aromatic N) is 2. The van der Waals surface area contributed by atoms with Crippen LogP contribution in [-0.4, -0.2) is 50.8 Å². The first-order valence-electron chi connectivity index (χ1n) is 8.83. The van der Waals surface area contributed by atoms with Gasteiger partial charge >= 0.3 is 0 Å². The van der Waals surface area contributed by atoms with Gasteiger partial charge in [-0.2, -0.15) is 0 Å². The third kappa shape index (κ3) is 5.24. The number of nitrogens with one attached hydrogen (secondary N) is 1. The molecular weight excluding hydrogens is 286 g/mol. The summed E-state index contributed by atoms with van der Waals surface area (Å²) in [4.78, 5) is 7.18. The Balaban J connectivity index is 1.96. The van der Waals surface area contributed by atoms with Gasteiger partial charge in [-0.25, -0.2) is 0 Å². The monoisotopic (exact) mass is 317 g/mol. The molecule has 2 atom stereocenters. The highest BCUT2D eigenvalue weighted by Crippen LogP contribution is 2.32. The fourth-order valence-corrected chi connectivity index (χ4v) is 3.35. The molecule has 1 aliphatic rings. The van der Waals surface area contributed by atoms with Gasteiger partial charge in [0, 0.05) is 39.9 Å². The van der Waals surface area contributed by atoms with Crippen LogP contribution in [0.1, 0.15) is 38.2 Å². The Hall–Kier alpha value is -1.55. The van der Waals surface area contributed by atoms with Gasteiger partial charge in [-0.3, -0.25) is 4.99 Å². The SMILES string of the molecule is CCNC(=NCCCOC)N1CCC(c2ccccc2)C(C)C1. The lowest BCUT2D eigenvalue weighted by Crippen LogP contribution is -2.48. The van der Waals surface area contributed by atoms with E-state index in [1.54, 1.807) is 7.11 Å². The number of ether oxygens (including phenoxy) is 1. The molecule has 23 heavy (non-hydrogen) atoms. The number of likely N-dealkylation sites (tertiary alicyclic amines) is 1. The summed E-state index contributed by atoms with van der Waals surface area (Å²) < 4.78 is 5.11. The lowest BCUT2D eigenvalue weighted by molar-refractivity contribution is 0.196. The number of benzene rings is 1. The molecule has 0 bridgehead atoms. The smallest absolute Gasteiger partial charge is 0.193 e. The topological polar surface area (TPSA) is 36.9 Å². The predicted molar refractivity (Wildman–Crippen MR) is 97.0 cm³/mol. The van der Waals surface area contributed by atoms with Crippen molar-refractivity contribution < 1.29 is 4.74 Å². The van der Waals surface area contributed by atoms with Crippen molar-refractivity contribution in [2.75, 3.05) is 39.9 Å². The minimum absolute atomic E-state index is 0.633. The molecule has 4 heteroatoms. The van der Waals surface area contributed by atoms with E-state index in [-0.39, 0.29) is 0 Å². The summed E-state index contributed by atoms with van der Waals surface area (Å²) in [7, 11) is 1.74. The van der Waals surface area contributed by atoms with Gasteiger partial charge in [-0.15, -0.1) is 0 Å². The van der Waals surface area contributed by atoms with Crippen LogP contribution in [0.5, 0.6) is 0 Å². The zero-order valence-corrected chi connectivity index (χ0v) is 14.8. The Bertz CT molecular complexity index is 475. The lowest BCUT2D eigenvalue weighted by atomic mass is 9.82. The van der Waals surface area contributed by atoms with Crippen molar-refractivity contribution in [3.8, 4) is 0 Å². The molecule has 0 aromatic heterocycles. The molecule has 2 unspecified atom stereocenters. The quantitative estimate of drug-likeness (QED) is 0.497. The van der Waals surface area contributed by atoms with E-state index in [9.17, 15) is 0 Å². The first-order valence-corrected chi connectivity index (χ1v) is 8.83. The molecule has 0 amide bonds. The van der Waals surface area contributed by atoms with Crippen molar-refractivity contribution in [1.82, 2.24) is 10.2 Å². The third-order valence-electron chi connectivity index (χ3n) is 4.54. The summed E-state index contributed by atoms with van der Waals surface area (Å²) in [6.07, 6.45) is 2.16. The number of aliphatic imine (C=N–C) groups is 1. The molecule has 2 rings (SSSR count). The van der Waals surface area contributed by atoms with Gasteiger partial charge in [0.1, 0.15) is 0 Å². The fourth-order valence-electron chi connectivity index (χ4n) is 3.35. The number of rotatable bonds is 6. The average molecular weight is 317 g/mol. The number of piperidine rings is 1. The van der Waals surface area contributed by atoms with Gasteiger partial charge in [0.15, 0.2) is 5.96 Å². The van der Waals surface area contributed by atoms with E-state index in [1.165, 1.54) is 12.0 Å². The molecule has 4 nitrogen and oxygen atoms in total. The van der Waals surface area contributed by atoms with Crippen molar-refractivity contribution in [3.63, 3.8) is 0 Å². The third-order valence-corrected chi connectivity index (χ3v) is 4.54. The van der Waals surface area contributed by atoms with Crippen molar-refractivity contribution in [1.29, 1.82) is 0 Å². The molecule has 0 saturated carbocycles. The molecule has 0 aliphatic carbocycles. The maximum Gasteiger partial charge on any atom is 0.193 e. The van der Waals surface area contributed by atoms with Crippen molar-refractivity contribution >= 4 is 5.96 Å². The van der Waals surface area contributed by atoms with E-state index in [0.29, 0.717) is 11.8 Å². The van der Waals surface area contributed by atoms with Crippen LogP contribution in [0, 0.1) is 5.92 Å². The van der Waals surface area contributed by atoms with Crippen molar-refractivity contribution in [3.05, 3.63) is 35.9 Å². The van der Waals surface area contributed by atoms with Gasteiger partial charge in [0.05, 0.1) is 0 Å². The second-order valence-electron chi connectivity index (χ2n) is 6.31. The van der Waals surface area contributed by atoms with Crippen LogP contribution in [-0.2, 0) is 4.74 Å². The van der Waals surface area contributed by atoms with E-state index in [0.717, 1.165) is 45.2 Å².